The standard InChI is InChI=1S/C12H18FN3S/c1-8-11(13)12(15-7-14-8)16-9-4-3-5-10(6-9)17-2/h7,9-10H,3-6H2,1-2H3,(H,14,15,16). The van der Waals surface area contributed by atoms with E-state index in [1.54, 1.807) is 6.92 Å². The van der Waals surface area contributed by atoms with E-state index in [0.717, 1.165) is 12.8 Å². The number of hydrogen-bond acceptors (Lipinski definition) is 4. The summed E-state index contributed by atoms with van der Waals surface area (Å²) in [5.74, 6) is 0.0306. The number of nitrogens with one attached hydrogen (secondary N) is 1. The SMILES string of the molecule is CSC1CCCC(Nc2ncnc(C)c2F)C1. The van der Waals surface area contributed by atoms with Gasteiger partial charge >= 0.3 is 0 Å². The van der Waals surface area contributed by atoms with Crippen LogP contribution in [0.2, 0.25) is 0 Å². The monoisotopic (exact) mass is 255 g/mol. The summed E-state index contributed by atoms with van der Waals surface area (Å²) in [6.07, 6.45) is 8.21. The van der Waals surface area contributed by atoms with Gasteiger partial charge < -0.3 is 5.32 Å². The first-order valence-electron chi connectivity index (χ1n) is 5.97. The Hall–Kier alpha value is -0.840. The Balaban J connectivity index is 2.02. The molecule has 0 saturated heterocycles. The van der Waals surface area contributed by atoms with E-state index in [-0.39, 0.29) is 5.82 Å². The molecule has 0 aliphatic heterocycles. The fourth-order valence-corrected chi connectivity index (χ4v) is 3.07. The molecule has 0 aromatic carbocycles. The molecule has 5 heteroatoms. The van der Waals surface area contributed by atoms with Crippen molar-refractivity contribution in [2.75, 3.05) is 11.6 Å². The van der Waals surface area contributed by atoms with E-state index in [2.05, 4.69) is 21.5 Å². The third-order valence-corrected chi connectivity index (χ3v) is 4.36. The van der Waals surface area contributed by atoms with Crippen molar-refractivity contribution in [3.8, 4) is 0 Å². The van der Waals surface area contributed by atoms with Crippen LogP contribution in [0.1, 0.15) is 31.4 Å². The second-order valence-corrected chi connectivity index (χ2v) is 5.63. The molecule has 3 nitrogen and oxygen atoms in total. The van der Waals surface area contributed by atoms with E-state index >= 15 is 0 Å². The summed E-state index contributed by atoms with van der Waals surface area (Å²) in [5, 5.41) is 3.90. The van der Waals surface area contributed by atoms with Gasteiger partial charge in [-0.05, 0) is 32.4 Å². The van der Waals surface area contributed by atoms with Crippen molar-refractivity contribution in [3.63, 3.8) is 0 Å². The third kappa shape index (κ3) is 3.09. The minimum atomic E-state index is -0.321. The normalized spacial score (nSPS) is 24.6. The Morgan fingerprint density at radius 3 is 3.00 bits per heavy atom. The molecule has 1 N–H and O–H groups in total. The number of thioether (sulfide) groups is 1. The van der Waals surface area contributed by atoms with Gasteiger partial charge in [-0.15, -0.1) is 0 Å². The van der Waals surface area contributed by atoms with Crippen molar-refractivity contribution in [3.05, 3.63) is 17.8 Å². The molecule has 94 valence electrons. The molecule has 0 bridgehead atoms. The van der Waals surface area contributed by atoms with Crippen molar-refractivity contribution in [1.82, 2.24) is 9.97 Å². The van der Waals surface area contributed by atoms with Crippen molar-refractivity contribution >= 4 is 17.6 Å². The highest BCUT2D eigenvalue weighted by Gasteiger charge is 2.22. The molecular weight excluding hydrogens is 237 g/mol. The van der Waals surface area contributed by atoms with Gasteiger partial charge in [0.05, 0.1) is 5.69 Å². The van der Waals surface area contributed by atoms with Gasteiger partial charge in [-0.3, -0.25) is 0 Å². The van der Waals surface area contributed by atoms with Crippen LogP contribution in [0, 0.1) is 12.7 Å². The Morgan fingerprint density at radius 1 is 1.41 bits per heavy atom. The van der Waals surface area contributed by atoms with Gasteiger partial charge in [0.2, 0.25) is 0 Å². The van der Waals surface area contributed by atoms with E-state index < -0.39 is 0 Å². The number of aromatic nitrogens is 2. The van der Waals surface area contributed by atoms with Gasteiger partial charge in [-0.2, -0.15) is 11.8 Å². The van der Waals surface area contributed by atoms with Crippen molar-refractivity contribution in [2.45, 2.75) is 43.9 Å². The number of nitrogens with zero attached hydrogens (tertiary/aromatic N) is 2. The predicted octanol–water partition coefficient (Wildman–Crippen LogP) is 3.01. The molecule has 1 aliphatic rings. The molecule has 1 aromatic rings. The van der Waals surface area contributed by atoms with E-state index in [0.29, 0.717) is 22.8 Å². The molecule has 0 amide bonds. The van der Waals surface area contributed by atoms with Crippen LogP contribution in [0.15, 0.2) is 6.33 Å². The van der Waals surface area contributed by atoms with E-state index in [4.69, 9.17) is 0 Å². The fourth-order valence-electron chi connectivity index (χ4n) is 2.24. The molecule has 1 fully saturated rings. The predicted molar refractivity (Wildman–Crippen MR) is 69.9 cm³/mol. The Bertz CT molecular complexity index is 386. The summed E-state index contributed by atoms with van der Waals surface area (Å²) < 4.78 is 13.7. The van der Waals surface area contributed by atoms with Crippen LogP contribution in [-0.4, -0.2) is 27.5 Å². The Labute approximate surface area is 106 Å². The van der Waals surface area contributed by atoms with Crippen LogP contribution < -0.4 is 5.32 Å². The Kier molecular flexibility index (Phi) is 4.20. The lowest BCUT2D eigenvalue weighted by molar-refractivity contribution is 0.469. The lowest BCUT2D eigenvalue weighted by Crippen LogP contribution is -2.29. The summed E-state index contributed by atoms with van der Waals surface area (Å²) in [6.45, 7) is 1.66. The van der Waals surface area contributed by atoms with Gasteiger partial charge in [-0.25, -0.2) is 14.4 Å². The molecule has 2 rings (SSSR count). The molecule has 1 aliphatic carbocycles. The van der Waals surface area contributed by atoms with Crippen molar-refractivity contribution < 1.29 is 4.39 Å². The quantitative estimate of drug-likeness (QED) is 0.901. The summed E-state index contributed by atoms with van der Waals surface area (Å²) in [4.78, 5) is 7.81. The van der Waals surface area contributed by atoms with Crippen molar-refractivity contribution in [2.24, 2.45) is 0 Å². The van der Waals surface area contributed by atoms with Gasteiger partial charge in [-0.1, -0.05) is 6.42 Å². The van der Waals surface area contributed by atoms with Crippen LogP contribution in [0.4, 0.5) is 10.2 Å². The van der Waals surface area contributed by atoms with Crippen LogP contribution >= 0.6 is 11.8 Å². The van der Waals surface area contributed by atoms with Crippen LogP contribution in [0.25, 0.3) is 0 Å². The minimum Gasteiger partial charge on any atom is -0.365 e. The number of aryl methyl sites for hydroxylation is 1. The van der Waals surface area contributed by atoms with Crippen molar-refractivity contribution in [1.29, 1.82) is 0 Å². The first-order valence-corrected chi connectivity index (χ1v) is 7.26. The van der Waals surface area contributed by atoms with Gasteiger partial charge in [0.1, 0.15) is 6.33 Å². The third-order valence-electron chi connectivity index (χ3n) is 3.26. The minimum absolute atomic E-state index is 0.321. The van der Waals surface area contributed by atoms with Crippen LogP contribution in [-0.2, 0) is 0 Å². The lowest BCUT2D eigenvalue weighted by Gasteiger charge is -2.29. The fraction of sp³-hybridized carbons (Fsp3) is 0.667. The van der Waals surface area contributed by atoms with Gasteiger partial charge in [0.15, 0.2) is 11.6 Å². The zero-order valence-electron chi connectivity index (χ0n) is 10.2. The number of halogens is 1. The molecule has 1 heterocycles. The highest BCUT2D eigenvalue weighted by atomic mass is 32.2. The Morgan fingerprint density at radius 2 is 2.24 bits per heavy atom. The van der Waals surface area contributed by atoms with Gasteiger partial charge in [0, 0.05) is 11.3 Å². The maximum atomic E-state index is 13.7. The molecule has 0 spiro atoms. The zero-order chi connectivity index (χ0) is 12.3. The largest absolute Gasteiger partial charge is 0.365 e. The van der Waals surface area contributed by atoms with E-state index in [1.807, 2.05) is 11.8 Å². The van der Waals surface area contributed by atoms with Crippen LogP contribution in [0.3, 0.4) is 0 Å². The summed E-state index contributed by atoms with van der Waals surface area (Å²) >= 11 is 1.90. The molecule has 1 aromatic heterocycles. The van der Waals surface area contributed by atoms with Crippen LogP contribution in [0.5, 0.6) is 0 Å². The number of anilines is 1. The maximum absolute atomic E-state index is 13.7. The van der Waals surface area contributed by atoms with Gasteiger partial charge in [0.25, 0.3) is 0 Å². The topological polar surface area (TPSA) is 37.8 Å². The maximum Gasteiger partial charge on any atom is 0.186 e. The highest BCUT2D eigenvalue weighted by molar-refractivity contribution is 7.99. The highest BCUT2D eigenvalue weighted by Crippen LogP contribution is 2.29. The van der Waals surface area contributed by atoms with E-state index in [9.17, 15) is 4.39 Å². The molecule has 2 unspecified atom stereocenters. The molecule has 2 atom stereocenters. The molecule has 17 heavy (non-hydrogen) atoms. The average Bonchev–Trinajstić information content (AvgIpc) is 2.35. The first kappa shape index (κ1) is 12.6. The first-order chi connectivity index (χ1) is 8.20. The summed E-state index contributed by atoms with van der Waals surface area (Å²) in [6, 6.07) is 0.338. The zero-order valence-corrected chi connectivity index (χ0v) is 11.1. The number of hydrogen-bond donors (Lipinski definition) is 1. The number of rotatable bonds is 3. The summed E-state index contributed by atoms with van der Waals surface area (Å²) in [5.41, 5.74) is 0.403. The smallest absolute Gasteiger partial charge is 0.186 e. The second-order valence-electron chi connectivity index (χ2n) is 4.49. The average molecular weight is 255 g/mol. The second kappa shape index (κ2) is 5.67. The summed E-state index contributed by atoms with van der Waals surface area (Å²) in [7, 11) is 0. The molecule has 0 radical (unpaired) electrons. The van der Waals surface area contributed by atoms with E-state index in [1.165, 1.54) is 19.2 Å². The lowest BCUT2D eigenvalue weighted by atomic mass is 9.95. The molecular formula is C12H18FN3S. The molecule has 1 saturated carbocycles.